The van der Waals surface area contributed by atoms with E-state index in [2.05, 4.69) is 40.6 Å². The minimum Gasteiger partial charge on any atom is -0.493 e. The summed E-state index contributed by atoms with van der Waals surface area (Å²) >= 11 is 3.44. The Labute approximate surface area is 184 Å². The molecule has 0 aliphatic rings. The number of benzene rings is 2. The second kappa shape index (κ2) is 11.3. The van der Waals surface area contributed by atoms with Crippen LogP contribution in [0.4, 0.5) is 0 Å². The molecule has 2 aromatic rings. The molecule has 0 aliphatic carbocycles. The summed E-state index contributed by atoms with van der Waals surface area (Å²) in [6, 6.07) is 11.0. The molecule has 0 saturated carbocycles. The zero-order valence-corrected chi connectivity index (χ0v) is 18.9. The molecule has 0 fully saturated rings. The van der Waals surface area contributed by atoms with Gasteiger partial charge in [-0.25, -0.2) is 0 Å². The lowest BCUT2D eigenvalue weighted by molar-refractivity contribution is -0.128. The van der Waals surface area contributed by atoms with Crippen LogP contribution in [0.2, 0.25) is 0 Å². The van der Waals surface area contributed by atoms with E-state index in [4.69, 9.17) is 14.2 Å². The van der Waals surface area contributed by atoms with E-state index >= 15 is 0 Å². The minimum atomic E-state index is -0.486. The fraction of sp³-hybridized carbons (Fsp3) is 0.273. The van der Waals surface area contributed by atoms with Crippen molar-refractivity contribution in [2.75, 3.05) is 20.8 Å². The summed E-state index contributed by atoms with van der Waals surface area (Å²) in [7, 11) is 3.08. The molecule has 0 aliphatic heterocycles. The van der Waals surface area contributed by atoms with Crippen LogP contribution in [-0.4, -0.2) is 32.6 Å². The first kappa shape index (κ1) is 23.3. The first-order chi connectivity index (χ1) is 14.3. The van der Waals surface area contributed by atoms with Crippen molar-refractivity contribution in [2.24, 2.45) is 0 Å². The molecule has 8 heteroatoms. The Hall–Kier alpha value is -3.00. The van der Waals surface area contributed by atoms with Gasteiger partial charge in [0.25, 0.3) is 11.8 Å². The number of amides is 2. The van der Waals surface area contributed by atoms with Crippen molar-refractivity contribution in [3.05, 3.63) is 58.1 Å². The van der Waals surface area contributed by atoms with Crippen LogP contribution in [-0.2, 0) is 9.59 Å². The second-order valence-corrected chi connectivity index (χ2v) is 7.47. The number of rotatable bonds is 8. The van der Waals surface area contributed by atoms with Crippen molar-refractivity contribution in [3.63, 3.8) is 0 Å². The predicted octanol–water partition coefficient (Wildman–Crippen LogP) is 3.83. The van der Waals surface area contributed by atoms with Crippen LogP contribution in [0.5, 0.6) is 17.2 Å². The number of carbonyl (C=O) groups excluding carboxylic acids is 2. The molecule has 2 aromatic carbocycles. The molecular weight excluding hydrogens is 452 g/mol. The Bertz CT molecular complexity index is 928. The number of halogens is 1. The Kier molecular flexibility index (Phi) is 8.73. The van der Waals surface area contributed by atoms with Crippen LogP contribution in [0.3, 0.4) is 0 Å². The van der Waals surface area contributed by atoms with Gasteiger partial charge in [0, 0.05) is 6.08 Å². The number of hydrogen-bond donors (Lipinski definition) is 2. The molecule has 2 amide bonds. The van der Waals surface area contributed by atoms with Gasteiger partial charge in [-0.2, -0.15) is 0 Å². The van der Waals surface area contributed by atoms with Crippen molar-refractivity contribution in [1.82, 2.24) is 10.9 Å². The number of hydrazine groups is 1. The topological polar surface area (TPSA) is 85.9 Å². The summed E-state index contributed by atoms with van der Waals surface area (Å²) in [4.78, 5) is 23.8. The van der Waals surface area contributed by atoms with E-state index in [1.165, 1.54) is 13.2 Å². The highest BCUT2D eigenvalue weighted by Crippen LogP contribution is 2.29. The molecule has 7 nitrogen and oxygen atoms in total. The molecule has 0 atom stereocenters. The van der Waals surface area contributed by atoms with Gasteiger partial charge < -0.3 is 14.2 Å². The van der Waals surface area contributed by atoms with Crippen molar-refractivity contribution in [1.29, 1.82) is 0 Å². The Morgan fingerprint density at radius 3 is 2.33 bits per heavy atom. The third kappa shape index (κ3) is 6.81. The van der Waals surface area contributed by atoms with Gasteiger partial charge in [0.05, 0.1) is 18.7 Å². The lowest BCUT2D eigenvalue weighted by Crippen LogP contribution is -2.43. The predicted molar refractivity (Wildman–Crippen MR) is 119 cm³/mol. The van der Waals surface area contributed by atoms with Crippen LogP contribution >= 0.6 is 15.9 Å². The van der Waals surface area contributed by atoms with E-state index < -0.39 is 11.8 Å². The lowest BCUT2D eigenvalue weighted by Gasteiger charge is -2.11. The molecule has 0 radical (unpaired) electrons. The maximum absolute atomic E-state index is 11.9. The Morgan fingerprint density at radius 2 is 1.70 bits per heavy atom. The average Bonchev–Trinajstić information content (AvgIpc) is 2.74. The lowest BCUT2D eigenvalue weighted by atomic mass is 10.0. The number of nitrogens with one attached hydrogen (secondary N) is 2. The molecule has 30 heavy (non-hydrogen) atoms. The van der Waals surface area contributed by atoms with E-state index in [1.54, 1.807) is 37.5 Å². The number of carbonyl (C=O) groups is 2. The molecule has 0 saturated heterocycles. The molecular formula is C22H25BrN2O5. The molecule has 0 spiro atoms. The zero-order valence-electron chi connectivity index (χ0n) is 17.3. The van der Waals surface area contributed by atoms with E-state index in [-0.39, 0.29) is 6.61 Å². The van der Waals surface area contributed by atoms with Crippen LogP contribution in [0, 0.1) is 0 Å². The first-order valence-electron chi connectivity index (χ1n) is 9.25. The normalized spacial score (nSPS) is 10.7. The van der Waals surface area contributed by atoms with Crippen molar-refractivity contribution in [2.45, 2.75) is 19.8 Å². The van der Waals surface area contributed by atoms with Gasteiger partial charge in [0.15, 0.2) is 18.1 Å². The van der Waals surface area contributed by atoms with Crippen molar-refractivity contribution < 1.29 is 23.8 Å². The minimum absolute atomic E-state index is 0.237. The average molecular weight is 477 g/mol. The summed E-state index contributed by atoms with van der Waals surface area (Å²) in [5, 5.41) is 0. The maximum atomic E-state index is 11.9. The van der Waals surface area contributed by atoms with E-state index in [9.17, 15) is 9.59 Å². The SMILES string of the molecule is COc1ccc(C=CC(=O)NNC(=O)COc2ccc(C(C)C)cc2Br)cc1OC. The molecule has 0 unspecified atom stereocenters. The molecule has 0 aromatic heterocycles. The third-order valence-corrected chi connectivity index (χ3v) is 4.76. The largest absolute Gasteiger partial charge is 0.493 e. The second-order valence-electron chi connectivity index (χ2n) is 6.62. The van der Waals surface area contributed by atoms with Crippen LogP contribution < -0.4 is 25.1 Å². The molecule has 0 heterocycles. The summed E-state index contributed by atoms with van der Waals surface area (Å²) in [5.74, 6) is 1.12. The Morgan fingerprint density at radius 1 is 1.00 bits per heavy atom. The van der Waals surface area contributed by atoms with Crippen molar-refractivity contribution in [3.8, 4) is 17.2 Å². The summed E-state index contributed by atoms with van der Waals surface area (Å²) in [6.07, 6.45) is 2.89. The first-order valence-corrected chi connectivity index (χ1v) is 10.0. The molecule has 160 valence electrons. The summed E-state index contributed by atoms with van der Waals surface area (Å²) < 4.78 is 16.6. The van der Waals surface area contributed by atoms with Gasteiger partial charge in [-0.3, -0.25) is 20.4 Å². The highest BCUT2D eigenvalue weighted by atomic mass is 79.9. The van der Waals surface area contributed by atoms with E-state index in [1.807, 2.05) is 12.1 Å². The Balaban J connectivity index is 1.82. The van der Waals surface area contributed by atoms with Gasteiger partial charge in [-0.05, 0) is 63.3 Å². The van der Waals surface area contributed by atoms with Gasteiger partial charge in [0.2, 0.25) is 0 Å². The summed E-state index contributed by atoms with van der Waals surface area (Å²) in [5.41, 5.74) is 6.51. The number of hydrogen-bond acceptors (Lipinski definition) is 5. The van der Waals surface area contributed by atoms with Gasteiger partial charge in [-0.1, -0.05) is 26.0 Å². The maximum Gasteiger partial charge on any atom is 0.276 e. The number of methoxy groups -OCH3 is 2. The summed E-state index contributed by atoms with van der Waals surface area (Å²) in [6.45, 7) is 3.95. The molecule has 2 rings (SSSR count). The number of ether oxygens (including phenoxy) is 3. The van der Waals surface area contributed by atoms with Crippen LogP contribution in [0.15, 0.2) is 46.9 Å². The fourth-order valence-corrected chi connectivity index (χ4v) is 2.98. The molecule has 0 bridgehead atoms. The highest BCUT2D eigenvalue weighted by molar-refractivity contribution is 9.10. The monoisotopic (exact) mass is 476 g/mol. The molecule has 2 N–H and O–H groups in total. The highest BCUT2D eigenvalue weighted by Gasteiger charge is 2.09. The quantitative estimate of drug-likeness (QED) is 0.446. The third-order valence-electron chi connectivity index (χ3n) is 4.14. The zero-order chi connectivity index (χ0) is 22.1. The van der Waals surface area contributed by atoms with E-state index in [0.29, 0.717) is 23.2 Å². The van der Waals surface area contributed by atoms with Gasteiger partial charge in [-0.15, -0.1) is 0 Å². The smallest absolute Gasteiger partial charge is 0.276 e. The fourth-order valence-electron chi connectivity index (χ4n) is 2.47. The van der Waals surface area contributed by atoms with Gasteiger partial charge in [0.1, 0.15) is 5.75 Å². The van der Waals surface area contributed by atoms with E-state index in [0.717, 1.165) is 15.6 Å². The van der Waals surface area contributed by atoms with Crippen LogP contribution in [0.1, 0.15) is 30.9 Å². The van der Waals surface area contributed by atoms with Crippen LogP contribution in [0.25, 0.3) is 6.08 Å². The van der Waals surface area contributed by atoms with Crippen molar-refractivity contribution >= 4 is 33.8 Å². The standard InChI is InChI=1S/C22H25BrN2O5/c1-14(2)16-7-9-18(17(23)12-16)30-13-22(27)25-24-21(26)10-6-15-5-8-19(28-3)20(11-15)29-4/h5-12,14H,13H2,1-4H3,(H,24,26)(H,25,27). The van der Waals surface area contributed by atoms with Gasteiger partial charge >= 0.3 is 0 Å².